The zero-order valence-corrected chi connectivity index (χ0v) is 11.6. The normalized spacial score (nSPS) is 34.6. The number of hydrogen-bond acceptors (Lipinski definition) is 5. The summed E-state index contributed by atoms with van der Waals surface area (Å²) in [7, 11) is 0. The number of carbonyl (C=O) groups excluding carboxylic acids is 2. The quantitative estimate of drug-likeness (QED) is 0.602. The highest BCUT2D eigenvalue weighted by atomic mass is 16.7. The smallest absolute Gasteiger partial charge is 0.348 e. The molecule has 2 fully saturated rings. The van der Waals surface area contributed by atoms with Crippen LogP contribution in [0.3, 0.4) is 0 Å². The lowest BCUT2D eigenvalue weighted by Gasteiger charge is -2.35. The van der Waals surface area contributed by atoms with E-state index in [0.717, 1.165) is 12.8 Å². The van der Waals surface area contributed by atoms with E-state index in [1.807, 2.05) is 0 Å². The molecule has 0 saturated carbocycles. The number of esters is 1. The molecule has 6 heteroatoms. The highest BCUT2D eigenvalue weighted by Crippen LogP contribution is 2.43. The molecule has 2 aliphatic rings. The van der Waals surface area contributed by atoms with E-state index in [1.54, 1.807) is 20.8 Å². The Labute approximate surface area is 112 Å². The van der Waals surface area contributed by atoms with Gasteiger partial charge in [-0.1, -0.05) is 13.8 Å². The van der Waals surface area contributed by atoms with E-state index in [4.69, 9.17) is 9.47 Å². The SMILES string of the molecule is CCOC(=O)C1(C(C)C)OC2(O)CCCCN2C1=O. The Morgan fingerprint density at radius 1 is 1.53 bits per heavy atom. The van der Waals surface area contributed by atoms with Gasteiger partial charge in [-0.25, -0.2) is 4.79 Å². The molecule has 6 nitrogen and oxygen atoms in total. The van der Waals surface area contributed by atoms with Crippen molar-refractivity contribution in [3.05, 3.63) is 0 Å². The lowest BCUT2D eigenvalue weighted by molar-refractivity contribution is -0.289. The number of ether oxygens (including phenoxy) is 2. The molecule has 2 atom stereocenters. The lowest BCUT2D eigenvalue weighted by Crippen LogP contribution is -2.53. The van der Waals surface area contributed by atoms with Gasteiger partial charge >= 0.3 is 5.97 Å². The van der Waals surface area contributed by atoms with Crippen molar-refractivity contribution in [3.63, 3.8) is 0 Å². The van der Waals surface area contributed by atoms with E-state index in [0.29, 0.717) is 13.0 Å². The zero-order valence-electron chi connectivity index (χ0n) is 11.6. The number of carbonyl (C=O) groups is 2. The van der Waals surface area contributed by atoms with Gasteiger partial charge in [0.2, 0.25) is 5.60 Å². The van der Waals surface area contributed by atoms with Gasteiger partial charge in [0.25, 0.3) is 11.8 Å². The highest BCUT2D eigenvalue weighted by molar-refractivity contribution is 6.08. The summed E-state index contributed by atoms with van der Waals surface area (Å²) in [5.41, 5.74) is -1.71. The van der Waals surface area contributed by atoms with E-state index in [-0.39, 0.29) is 6.61 Å². The molecular formula is C13H21NO5. The van der Waals surface area contributed by atoms with E-state index in [9.17, 15) is 14.7 Å². The van der Waals surface area contributed by atoms with Crippen LogP contribution < -0.4 is 0 Å². The second-order valence-corrected chi connectivity index (χ2v) is 5.37. The van der Waals surface area contributed by atoms with Gasteiger partial charge in [-0.15, -0.1) is 0 Å². The third-order valence-electron chi connectivity index (χ3n) is 3.83. The van der Waals surface area contributed by atoms with Crippen molar-refractivity contribution in [2.45, 2.75) is 51.5 Å². The van der Waals surface area contributed by atoms with Crippen LogP contribution in [-0.4, -0.2) is 46.5 Å². The number of amides is 1. The van der Waals surface area contributed by atoms with Gasteiger partial charge in [-0.3, -0.25) is 9.69 Å². The molecule has 0 radical (unpaired) electrons. The van der Waals surface area contributed by atoms with Gasteiger partial charge in [0.05, 0.1) is 6.61 Å². The maximum absolute atomic E-state index is 12.6. The van der Waals surface area contributed by atoms with Crippen molar-refractivity contribution >= 4 is 11.9 Å². The summed E-state index contributed by atoms with van der Waals surface area (Å²) in [4.78, 5) is 26.0. The fourth-order valence-electron chi connectivity index (χ4n) is 2.77. The highest BCUT2D eigenvalue weighted by Gasteiger charge is 2.67. The van der Waals surface area contributed by atoms with Crippen LogP contribution in [0.5, 0.6) is 0 Å². The minimum absolute atomic E-state index is 0.169. The molecule has 0 aromatic carbocycles. The van der Waals surface area contributed by atoms with Gasteiger partial charge in [-0.2, -0.15) is 0 Å². The lowest BCUT2D eigenvalue weighted by atomic mass is 9.89. The van der Waals surface area contributed by atoms with Crippen LogP contribution in [0.15, 0.2) is 0 Å². The first-order chi connectivity index (χ1) is 8.88. The zero-order chi connectivity index (χ0) is 14.3. The summed E-state index contributed by atoms with van der Waals surface area (Å²) < 4.78 is 10.6. The average molecular weight is 271 g/mol. The van der Waals surface area contributed by atoms with E-state index in [1.165, 1.54) is 4.90 Å². The molecule has 1 N–H and O–H groups in total. The Kier molecular flexibility index (Phi) is 3.57. The topological polar surface area (TPSA) is 76.1 Å². The number of piperidine rings is 1. The van der Waals surface area contributed by atoms with Crippen molar-refractivity contribution in [1.82, 2.24) is 4.90 Å². The van der Waals surface area contributed by atoms with E-state index < -0.39 is 29.3 Å². The standard InChI is InChI=1S/C13H21NO5/c1-4-18-11(16)13(9(2)3)10(15)14-8-6-5-7-12(14,17)19-13/h9,17H,4-8H2,1-3H3. The van der Waals surface area contributed by atoms with Crippen molar-refractivity contribution < 1.29 is 24.2 Å². The molecule has 0 bridgehead atoms. The largest absolute Gasteiger partial charge is 0.463 e. The molecular weight excluding hydrogens is 250 g/mol. The molecule has 19 heavy (non-hydrogen) atoms. The van der Waals surface area contributed by atoms with Gasteiger partial charge in [-0.05, 0) is 19.8 Å². The Balaban J connectivity index is 2.40. The van der Waals surface area contributed by atoms with Gasteiger partial charge in [0.1, 0.15) is 0 Å². The molecule has 108 valence electrons. The van der Waals surface area contributed by atoms with Gasteiger partial charge in [0.15, 0.2) is 0 Å². The molecule has 2 rings (SSSR count). The third kappa shape index (κ3) is 1.94. The Hall–Kier alpha value is -1.14. The summed E-state index contributed by atoms with van der Waals surface area (Å²) in [6.45, 7) is 5.69. The molecule has 2 aliphatic heterocycles. The van der Waals surface area contributed by atoms with Crippen molar-refractivity contribution in [1.29, 1.82) is 0 Å². The average Bonchev–Trinajstić information content (AvgIpc) is 2.59. The van der Waals surface area contributed by atoms with Crippen LogP contribution in [0.2, 0.25) is 0 Å². The van der Waals surface area contributed by atoms with Gasteiger partial charge < -0.3 is 14.6 Å². The predicted molar refractivity (Wildman–Crippen MR) is 65.8 cm³/mol. The fraction of sp³-hybridized carbons (Fsp3) is 0.846. The van der Waals surface area contributed by atoms with Crippen LogP contribution in [0.1, 0.15) is 40.0 Å². The van der Waals surface area contributed by atoms with Crippen LogP contribution >= 0.6 is 0 Å². The maximum Gasteiger partial charge on any atom is 0.348 e. The van der Waals surface area contributed by atoms with Crippen molar-refractivity contribution in [3.8, 4) is 0 Å². The van der Waals surface area contributed by atoms with Crippen molar-refractivity contribution in [2.24, 2.45) is 5.92 Å². The maximum atomic E-state index is 12.6. The minimum Gasteiger partial charge on any atom is -0.463 e. The van der Waals surface area contributed by atoms with Crippen LogP contribution in [0.25, 0.3) is 0 Å². The summed E-state index contributed by atoms with van der Waals surface area (Å²) in [6, 6.07) is 0. The molecule has 2 saturated heterocycles. The Morgan fingerprint density at radius 2 is 2.21 bits per heavy atom. The molecule has 2 unspecified atom stereocenters. The Bertz CT molecular complexity index is 396. The van der Waals surface area contributed by atoms with Crippen LogP contribution in [0.4, 0.5) is 0 Å². The minimum atomic E-state index is -1.71. The summed E-state index contributed by atoms with van der Waals surface area (Å²) >= 11 is 0. The van der Waals surface area contributed by atoms with E-state index in [2.05, 4.69) is 0 Å². The van der Waals surface area contributed by atoms with Gasteiger partial charge in [0, 0.05) is 18.9 Å². The van der Waals surface area contributed by atoms with Crippen LogP contribution in [0, 0.1) is 5.92 Å². The first-order valence-corrected chi connectivity index (χ1v) is 6.80. The number of fused-ring (bicyclic) bond motifs is 1. The second kappa shape index (κ2) is 4.76. The molecule has 2 heterocycles. The number of aliphatic hydroxyl groups is 1. The second-order valence-electron chi connectivity index (χ2n) is 5.37. The van der Waals surface area contributed by atoms with Crippen molar-refractivity contribution in [2.75, 3.05) is 13.2 Å². The number of hydrogen-bond donors (Lipinski definition) is 1. The molecule has 0 aromatic heterocycles. The summed E-state index contributed by atoms with van der Waals surface area (Å²) in [6.07, 6.45) is 1.89. The van der Waals surface area contributed by atoms with E-state index >= 15 is 0 Å². The number of rotatable bonds is 3. The monoisotopic (exact) mass is 271 g/mol. The molecule has 0 spiro atoms. The first kappa shape index (κ1) is 14.3. The Morgan fingerprint density at radius 3 is 2.74 bits per heavy atom. The summed E-state index contributed by atoms with van der Waals surface area (Å²) in [5, 5.41) is 10.5. The van der Waals surface area contributed by atoms with Crippen LogP contribution in [-0.2, 0) is 19.1 Å². The molecule has 0 aromatic rings. The molecule has 0 aliphatic carbocycles. The summed E-state index contributed by atoms with van der Waals surface area (Å²) in [5.74, 6) is -3.26. The predicted octanol–water partition coefficient (Wildman–Crippen LogP) is 0.633. The first-order valence-electron chi connectivity index (χ1n) is 6.80. The fourth-order valence-corrected chi connectivity index (χ4v) is 2.77. The molecule has 1 amide bonds. The number of nitrogens with zero attached hydrogens (tertiary/aromatic N) is 1. The third-order valence-corrected chi connectivity index (χ3v) is 3.83.